The maximum absolute atomic E-state index is 14.0. The fourth-order valence-electron chi connectivity index (χ4n) is 3.41. The first-order valence-electron chi connectivity index (χ1n) is 9.09. The summed E-state index contributed by atoms with van der Waals surface area (Å²) in [7, 11) is 0. The van der Waals surface area contributed by atoms with Crippen LogP contribution < -0.4 is 11.1 Å². The number of rotatable bonds is 4. The van der Waals surface area contributed by atoms with E-state index in [1.807, 2.05) is 37.3 Å². The molecule has 2 aromatic heterocycles. The van der Waals surface area contributed by atoms with Crippen molar-refractivity contribution in [3.63, 3.8) is 0 Å². The summed E-state index contributed by atoms with van der Waals surface area (Å²) in [5, 5.41) is 13.3. The van der Waals surface area contributed by atoms with Crippen molar-refractivity contribution in [2.45, 2.75) is 13.0 Å². The highest BCUT2D eigenvalue weighted by Gasteiger charge is 2.19. The molecule has 0 saturated heterocycles. The normalized spacial score (nSPS) is 11.8. The highest BCUT2D eigenvalue weighted by atomic mass is 19.1. The van der Waals surface area contributed by atoms with E-state index in [-0.39, 0.29) is 17.2 Å². The SMILES string of the molecule is CC(Nc1ncnc(N)c1C#N)c1cnc2ccccc2c1-c1cc(F)cc(F)c1. The molecule has 148 valence electrons. The number of nitriles is 1. The topological polar surface area (TPSA) is 101 Å². The quantitative estimate of drug-likeness (QED) is 0.518. The van der Waals surface area contributed by atoms with Crippen LogP contribution in [-0.2, 0) is 0 Å². The molecule has 0 amide bonds. The molecule has 4 rings (SSSR count). The van der Waals surface area contributed by atoms with Crippen LogP contribution in [0.15, 0.2) is 55.0 Å². The first-order chi connectivity index (χ1) is 14.5. The number of nitrogen functional groups attached to an aromatic ring is 1. The van der Waals surface area contributed by atoms with E-state index in [0.29, 0.717) is 22.2 Å². The van der Waals surface area contributed by atoms with Crippen molar-refractivity contribution >= 4 is 22.5 Å². The van der Waals surface area contributed by atoms with Crippen molar-refractivity contribution in [2.24, 2.45) is 0 Å². The zero-order chi connectivity index (χ0) is 21.3. The molecule has 3 N–H and O–H groups in total. The van der Waals surface area contributed by atoms with E-state index in [4.69, 9.17) is 5.73 Å². The summed E-state index contributed by atoms with van der Waals surface area (Å²) in [6.07, 6.45) is 2.90. The Kier molecular flexibility index (Phi) is 4.94. The molecule has 0 aliphatic carbocycles. The van der Waals surface area contributed by atoms with Crippen LogP contribution in [0.1, 0.15) is 24.1 Å². The molecule has 6 nitrogen and oxygen atoms in total. The number of anilines is 2. The lowest BCUT2D eigenvalue weighted by Gasteiger charge is -2.21. The number of para-hydroxylation sites is 1. The molecule has 0 aliphatic heterocycles. The Balaban J connectivity index is 1.89. The van der Waals surface area contributed by atoms with Crippen LogP contribution in [-0.4, -0.2) is 15.0 Å². The minimum atomic E-state index is -0.673. The summed E-state index contributed by atoms with van der Waals surface area (Å²) < 4.78 is 28.0. The van der Waals surface area contributed by atoms with Crippen LogP contribution >= 0.6 is 0 Å². The first-order valence-corrected chi connectivity index (χ1v) is 9.09. The number of nitrogens with zero attached hydrogens (tertiary/aromatic N) is 4. The molecule has 8 heteroatoms. The minimum Gasteiger partial charge on any atom is -0.382 e. The number of pyridine rings is 1. The van der Waals surface area contributed by atoms with Gasteiger partial charge in [-0.25, -0.2) is 18.7 Å². The number of nitrogens with two attached hydrogens (primary N) is 1. The highest BCUT2D eigenvalue weighted by molar-refractivity contribution is 5.96. The Morgan fingerprint density at radius 3 is 2.53 bits per heavy atom. The summed E-state index contributed by atoms with van der Waals surface area (Å²) in [4.78, 5) is 12.4. The van der Waals surface area contributed by atoms with Crippen LogP contribution in [0, 0.1) is 23.0 Å². The third kappa shape index (κ3) is 3.49. The molecular weight excluding hydrogens is 386 g/mol. The van der Waals surface area contributed by atoms with Crippen molar-refractivity contribution in [2.75, 3.05) is 11.1 Å². The van der Waals surface area contributed by atoms with Gasteiger partial charge in [0.15, 0.2) is 0 Å². The summed E-state index contributed by atoms with van der Waals surface area (Å²) in [5.41, 5.74) is 8.28. The molecule has 30 heavy (non-hydrogen) atoms. The third-order valence-electron chi connectivity index (χ3n) is 4.76. The third-order valence-corrected chi connectivity index (χ3v) is 4.76. The van der Waals surface area contributed by atoms with Crippen molar-refractivity contribution in [3.8, 4) is 17.2 Å². The number of fused-ring (bicyclic) bond motifs is 1. The van der Waals surface area contributed by atoms with E-state index >= 15 is 0 Å². The fourth-order valence-corrected chi connectivity index (χ4v) is 3.41. The van der Waals surface area contributed by atoms with Gasteiger partial charge in [-0.3, -0.25) is 4.98 Å². The molecule has 2 heterocycles. The maximum Gasteiger partial charge on any atom is 0.150 e. The Hall–Kier alpha value is -4.12. The second kappa shape index (κ2) is 7.72. The summed E-state index contributed by atoms with van der Waals surface area (Å²) in [6.45, 7) is 1.84. The maximum atomic E-state index is 14.0. The number of aromatic nitrogens is 3. The molecule has 0 aliphatic rings. The van der Waals surface area contributed by atoms with Gasteiger partial charge in [0.05, 0.1) is 11.6 Å². The van der Waals surface area contributed by atoms with Crippen LogP contribution in [0.5, 0.6) is 0 Å². The average molecular weight is 402 g/mol. The lowest BCUT2D eigenvalue weighted by atomic mass is 9.93. The summed E-state index contributed by atoms with van der Waals surface area (Å²) >= 11 is 0. The molecule has 0 spiro atoms. The Labute approximate surface area is 171 Å². The van der Waals surface area contributed by atoms with Gasteiger partial charge < -0.3 is 11.1 Å². The molecule has 0 saturated carbocycles. The zero-order valence-electron chi connectivity index (χ0n) is 15.9. The van der Waals surface area contributed by atoms with Crippen LogP contribution in [0.2, 0.25) is 0 Å². The zero-order valence-corrected chi connectivity index (χ0v) is 15.9. The van der Waals surface area contributed by atoms with Crippen molar-refractivity contribution in [1.82, 2.24) is 15.0 Å². The predicted molar refractivity (Wildman–Crippen MR) is 110 cm³/mol. The smallest absolute Gasteiger partial charge is 0.150 e. The van der Waals surface area contributed by atoms with E-state index in [9.17, 15) is 14.0 Å². The summed E-state index contributed by atoms with van der Waals surface area (Å²) in [5.74, 6) is -1.02. The van der Waals surface area contributed by atoms with Gasteiger partial charge in [-0.1, -0.05) is 18.2 Å². The molecule has 1 atom stereocenters. The van der Waals surface area contributed by atoms with E-state index in [0.717, 1.165) is 11.5 Å². The minimum absolute atomic E-state index is 0.0614. The predicted octanol–water partition coefficient (Wildman–Crippen LogP) is 4.60. The average Bonchev–Trinajstić information content (AvgIpc) is 2.72. The van der Waals surface area contributed by atoms with Gasteiger partial charge in [0.25, 0.3) is 0 Å². The van der Waals surface area contributed by atoms with Crippen LogP contribution in [0.25, 0.3) is 22.0 Å². The van der Waals surface area contributed by atoms with Crippen LogP contribution in [0.4, 0.5) is 20.4 Å². The van der Waals surface area contributed by atoms with Crippen LogP contribution in [0.3, 0.4) is 0 Å². The second-order valence-corrected chi connectivity index (χ2v) is 6.72. The van der Waals surface area contributed by atoms with Gasteiger partial charge in [-0.15, -0.1) is 0 Å². The van der Waals surface area contributed by atoms with Gasteiger partial charge >= 0.3 is 0 Å². The lowest BCUT2D eigenvalue weighted by molar-refractivity contribution is 0.584. The van der Waals surface area contributed by atoms with Gasteiger partial charge in [0.1, 0.15) is 41.2 Å². The Morgan fingerprint density at radius 2 is 1.80 bits per heavy atom. The number of nitrogens with one attached hydrogen (secondary N) is 1. The van der Waals surface area contributed by atoms with Crippen molar-refractivity contribution < 1.29 is 8.78 Å². The number of benzene rings is 2. The monoisotopic (exact) mass is 402 g/mol. The summed E-state index contributed by atoms with van der Waals surface area (Å²) in [6, 6.07) is 12.3. The highest BCUT2D eigenvalue weighted by Crippen LogP contribution is 2.36. The lowest BCUT2D eigenvalue weighted by Crippen LogP contribution is -2.12. The van der Waals surface area contributed by atoms with E-state index in [1.54, 1.807) is 6.20 Å². The molecule has 0 radical (unpaired) electrons. The molecule has 2 aromatic carbocycles. The van der Waals surface area contributed by atoms with Gasteiger partial charge in [0, 0.05) is 23.2 Å². The molecule has 0 fully saturated rings. The van der Waals surface area contributed by atoms with E-state index in [2.05, 4.69) is 20.3 Å². The van der Waals surface area contributed by atoms with E-state index < -0.39 is 17.7 Å². The second-order valence-electron chi connectivity index (χ2n) is 6.72. The van der Waals surface area contributed by atoms with Gasteiger partial charge in [-0.05, 0) is 36.2 Å². The van der Waals surface area contributed by atoms with Crippen molar-refractivity contribution in [1.29, 1.82) is 5.26 Å². The number of halogens is 2. The number of hydrogen-bond donors (Lipinski definition) is 2. The number of hydrogen-bond acceptors (Lipinski definition) is 6. The Bertz CT molecular complexity index is 1280. The van der Waals surface area contributed by atoms with Crippen molar-refractivity contribution in [3.05, 3.63) is 77.8 Å². The van der Waals surface area contributed by atoms with Gasteiger partial charge in [0.2, 0.25) is 0 Å². The largest absolute Gasteiger partial charge is 0.382 e. The molecule has 4 aromatic rings. The Morgan fingerprint density at radius 1 is 1.07 bits per heavy atom. The standard InChI is InChI=1S/C22H16F2N6/c1-12(30-22-17(9-25)21(26)28-11-29-22)18-10-27-19-5-3-2-4-16(19)20(18)13-6-14(23)8-15(24)7-13/h2-8,10-12H,1H3,(H3,26,28,29,30). The first kappa shape index (κ1) is 19.2. The van der Waals surface area contributed by atoms with Gasteiger partial charge in [-0.2, -0.15) is 5.26 Å². The fraction of sp³-hybridized carbons (Fsp3) is 0.0909. The van der Waals surface area contributed by atoms with E-state index in [1.165, 1.54) is 18.5 Å². The molecule has 0 bridgehead atoms. The molecular formula is C22H16F2N6. The molecule has 1 unspecified atom stereocenters.